The maximum atomic E-state index is 12.3. The molecule has 1 amide bonds. The Labute approximate surface area is 111 Å². The van der Waals surface area contributed by atoms with Crippen molar-refractivity contribution in [2.24, 2.45) is 5.73 Å². The van der Waals surface area contributed by atoms with E-state index in [1.54, 1.807) is 29.2 Å². The van der Waals surface area contributed by atoms with E-state index in [9.17, 15) is 4.79 Å². The van der Waals surface area contributed by atoms with Crippen LogP contribution in [0.1, 0.15) is 23.2 Å². The molecule has 0 aliphatic carbocycles. The van der Waals surface area contributed by atoms with Gasteiger partial charge in [-0.25, -0.2) is 0 Å². The fraction of sp³-hybridized carbons (Fsp3) is 0.333. The molecule has 1 unspecified atom stereocenters. The summed E-state index contributed by atoms with van der Waals surface area (Å²) in [5.41, 5.74) is 6.16. The number of thiocarbonyl (C=S) groups is 1. The van der Waals surface area contributed by atoms with E-state index in [0.717, 1.165) is 12.8 Å². The quantitative estimate of drug-likeness (QED) is 0.837. The molecule has 2 rings (SSSR count). The van der Waals surface area contributed by atoms with Crippen molar-refractivity contribution in [3.63, 3.8) is 0 Å². The summed E-state index contributed by atoms with van der Waals surface area (Å²) < 4.78 is 0. The van der Waals surface area contributed by atoms with Crippen molar-refractivity contribution in [1.29, 1.82) is 0 Å². The van der Waals surface area contributed by atoms with Gasteiger partial charge in [0, 0.05) is 6.54 Å². The molecular formula is C12H13ClN2OS. The number of rotatable bonds is 2. The highest BCUT2D eigenvalue weighted by atomic mass is 35.5. The lowest BCUT2D eigenvalue weighted by atomic mass is 10.1. The monoisotopic (exact) mass is 268 g/mol. The lowest BCUT2D eigenvalue weighted by Gasteiger charge is -2.24. The minimum atomic E-state index is -0.131. The summed E-state index contributed by atoms with van der Waals surface area (Å²) in [6.07, 6.45) is 1.77. The highest BCUT2D eigenvalue weighted by Gasteiger charge is 2.31. The second kappa shape index (κ2) is 5.02. The zero-order valence-corrected chi connectivity index (χ0v) is 10.8. The van der Waals surface area contributed by atoms with Crippen LogP contribution in [0, 0.1) is 0 Å². The third-order valence-corrected chi connectivity index (χ3v) is 3.55. The van der Waals surface area contributed by atoms with E-state index in [0.29, 0.717) is 22.1 Å². The molecule has 0 radical (unpaired) electrons. The Hall–Kier alpha value is -1.13. The molecule has 90 valence electrons. The molecule has 0 saturated carbocycles. The van der Waals surface area contributed by atoms with E-state index in [4.69, 9.17) is 29.6 Å². The van der Waals surface area contributed by atoms with Crippen LogP contribution >= 0.6 is 23.8 Å². The number of benzene rings is 1. The van der Waals surface area contributed by atoms with Gasteiger partial charge in [0.05, 0.1) is 21.6 Å². The molecule has 1 aromatic carbocycles. The number of hydrogen-bond donors (Lipinski definition) is 1. The number of carbonyl (C=O) groups excluding carboxylic acids is 1. The summed E-state index contributed by atoms with van der Waals surface area (Å²) in [6, 6.07) is 6.90. The van der Waals surface area contributed by atoms with Crippen molar-refractivity contribution >= 4 is 34.7 Å². The molecule has 1 aliphatic heterocycles. The van der Waals surface area contributed by atoms with Gasteiger partial charge in [-0.05, 0) is 25.0 Å². The van der Waals surface area contributed by atoms with E-state index in [1.165, 1.54) is 0 Å². The Morgan fingerprint density at radius 2 is 2.18 bits per heavy atom. The first-order valence-corrected chi connectivity index (χ1v) is 6.24. The summed E-state index contributed by atoms with van der Waals surface area (Å²) in [5.74, 6) is -0.0918. The van der Waals surface area contributed by atoms with E-state index in [2.05, 4.69) is 0 Å². The van der Waals surface area contributed by atoms with Crippen LogP contribution in [-0.2, 0) is 0 Å². The smallest absolute Gasteiger partial charge is 0.255 e. The summed E-state index contributed by atoms with van der Waals surface area (Å²) in [5, 5.41) is 0.464. The van der Waals surface area contributed by atoms with Gasteiger partial charge in [-0.1, -0.05) is 36.0 Å². The molecule has 1 saturated heterocycles. The summed E-state index contributed by atoms with van der Waals surface area (Å²) in [6.45, 7) is 0.687. The summed E-state index contributed by atoms with van der Waals surface area (Å²) in [7, 11) is 0. The van der Waals surface area contributed by atoms with E-state index in [1.807, 2.05) is 0 Å². The summed E-state index contributed by atoms with van der Waals surface area (Å²) in [4.78, 5) is 14.4. The average molecular weight is 269 g/mol. The SMILES string of the molecule is NC(=S)C1CCCN1C(=O)c1ccccc1Cl. The first-order valence-electron chi connectivity index (χ1n) is 5.46. The molecule has 1 atom stereocenters. The molecule has 0 bridgehead atoms. The van der Waals surface area contributed by atoms with Gasteiger partial charge in [0.25, 0.3) is 5.91 Å². The predicted octanol–water partition coefficient (Wildman–Crippen LogP) is 2.23. The average Bonchev–Trinajstić information content (AvgIpc) is 2.77. The van der Waals surface area contributed by atoms with Crippen molar-refractivity contribution < 1.29 is 4.79 Å². The number of halogens is 1. The van der Waals surface area contributed by atoms with Crippen LogP contribution in [0.25, 0.3) is 0 Å². The highest BCUT2D eigenvalue weighted by molar-refractivity contribution is 7.80. The predicted molar refractivity (Wildman–Crippen MR) is 72.3 cm³/mol. The Morgan fingerprint density at radius 1 is 1.47 bits per heavy atom. The molecule has 0 aromatic heterocycles. The zero-order chi connectivity index (χ0) is 12.4. The van der Waals surface area contributed by atoms with E-state index < -0.39 is 0 Å². The van der Waals surface area contributed by atoms with Gasteiger partial charge in [-0.2, -0.15) is 0 Å². The number of carbonyl (C=O) groups is 1. The van der Waals surface area contributed by atoms with Crippen molar-refractivity contribution in [2.45, 2.75) is 18.9 Å². The topological polar surface area (TPSA) is 46.3 Å². The van der Waals surface area contributed by atoms with Crippen LogP contribution in [0.3, 0.4) is 0 Å². The summed E-state index contributed by atoms with van der Waals surface area (Å²) >= 11 is 11.0. The largest absolute Gasteiger partial charge is 0.392 e. The van der Waals surface area contributed by atoms with Crippen molar-refractivity contribution in [3.05, 3.63) is 34.9 Å². The highest BCUT2D eigenvalue weighted by Crippen LogP contribution is 2.23. The normalized spacial score (nSPS) is 19.4. The van der Waals surface area contributed by atoms with Gasteiger partial charge in [0.15, 0.2) is 0 Å². The van der Waals surface area contributed by atoms with Crippen LogP contribution in [0.15, 0.2) is 24.3 Å². The molecule has 1 heterocycles. The van der Waals surface area contributed by atoms with E-state index >= 15 is 0 Å². The maximum Gasteiger partial charge on any atom is 0.255 e. The van der Waals surface area contributed by atoms with Gasteiger partial charge < -0.3 is 10.6 Å². The van der Waals surface area contributed by atoms with Crippen LogP contribution in [0.5, 0.6) is 0 Å². The Balaban J connectivity index is 2.26. The third kappa shape index (κ3) is 2.42. The molecule has 2 N–H and O–H groups in total. The van der Waals surface area contributed by atoms with Crippen LogP contribution < -0.4 is 5.73 Å². The second-order valence-corrected chi connectivity index (χ2v) is 4.92. The first-order chi connectivity index (χ1) is 8.11. The first kappa shape index (κ1) is 12.3. The third-order valence-electron chi connectivity index (χ3n) is 2.95. The number of nitrogens with zero attached hydrogens (tertiary/aromatic N) is 1. The lowest BCUT2D eigenvalue weighted by molar-refractivity contribution is 0.0770. The molecule has 1 fully saturated rings. The van der Waals surface area contributed by atoms with Crippen molar-refractivity contribution in [3.8, 4) is 0 Å². The standard InChI is InChI=1S/C12H13ClN2OS/c13-9-5-2-1-4-8(9)12(16)15-7-3-6-10(15)11(14)17/h1-2,4-5,10H,3,6-7H2,(H2,14,17). The van der Waals surface area contributed by atoms with Gasteiger partial charge in [-0.15, -0.1) is 0 Å². The Bertz CT molecular complexity index is 464. The molecular weight excluding hydrogens is 256 g/mol. The fourth-order valence-corrected chi connectivity index (χ4v) is 2.56. The number of amides is 1. The van der Waals surface area contributed by atoms with E-state index in [-0.39, 0.29) is 11.9 Å². The zero-order valence-electron chi connectivity index (χ0n) is 9.23. The minimum absolute atomic E-state index is 0.0918. The number of nitrogens with two attached hydrogens (primary N) is 1. The Morgan fingerprint density at radius 3 is 2.82 bits per heavy atom. The van der Waals surface area contributed by atoms with Crippen LogP contribution in [0.2, 0.25) is 5.02 Å². The van der Waals surface area contributed by atoms with Crippen LogP contribution in [-0.4, -0.2) is 28.4 Å². The maximum absolute atomic E-state index is 12.3. The lowest BCUT2D eigenvalue weighted by Crippen LogP contribution is -2.42. The van der Waals surface area contributed by atoms with Crippen molar-refractivity contribution in [2.75, 3.05) is 6.54 Å². The number of hydrogen-bond acceptors (Lipinski definition) is 2. The minimum Gasteiger partial charge on any atom is -0.392 e. The Kier molecular flexibility index (Phi) is 3.64. The van der Waals surface area contributed by atoms with Gasteiger partial charge in [0.2, 0.25) is 0 Å². The van der Waals surface area contributed by atoms with Crippen molar-refractivity contribution in [1.82, 2.24) is 4.90 Å². The van der Waals surface area contributed by atoms with Crippen LogP contribution in [0.4, 0.5) is 0 Å². The molecule has 1 aliphatic rings. The fourth-order valence-electron chi connectivity index (χ4n) is 2.09. The molecule has 5 heteroatoms. The second-order valence-electron chi connectivity index (χ2n) is 4.04. The van der Waals surface area contributed by atoms with Gasteiger partial charge >= 0.3 is 0 Å². The van der Waals surface area contributed by atoms with Gasteiger partial charge in [-0.3, -0.25) is 4.79 Å². The number of likely N-dealkylation sites (tertiary alicyclic amines) is 1. The molecule has 3 nitrogen and oxygen atoms in total. The van der Waals surface area contributed by atoms with Gasteiger partial charge in [0.1, 0.15) is 0 Å². The molecule has 1 aromatic rings. The molecule has 0 spiro atoms. The molecule has 17 heavy (non-hydrogen) atoms.